The predicted molar refractivity (Wildman–Crippen MR) is 118 cm³/mol. The van der Waals surface area contributed by atoms with Gasteiger partial charge >= 0.3 is 0 Å². The molecule has 0 bridgehead atoms. The van der Waals surface area contributed by atoms with E-state index in [0.29, 0.717) is 47.1 Å². The minimum absolute atomic E-state index is 0.0242. The third kappa shape index (κ3) is 5.14. The van der Waals surface area contributed by atoms with Crippen LogP contribution in [0.1, 0.15) is 42.1 Å². The summed E-state index contributed by atoms with van der Waals surface area (Å²) in [6, 6.07) is 15.0. The van der Waals surface area contributed by atoms with E-state index in [2.05, 4.69) is 18.8 Å². The number of rotatable bonds is 9. The van der Waals surface area contributed by atoms with Crippen LogP contribution in [-0.4, -0.2) is 34.8 Å². The first-order valence-electron chi connectivity index (χ1n) is 9.75. The van der Waals surface area contributed by atoms with Crippen molar-refractivity contribution in [3.8, 4) is 0 Å². The quantitative estimate of drug-likeness (QED) is 0.224. The van der Waals surface area contributed by atoms with Gasteiger partial charge in [-0.15, -0.1) is 0 Å². The van der Waals surface area contributed by atoms with Crippen LogP contribution < -0.4 is 5.56 Å². The lowest BCUT2D eigenvalue weighted by atomic mass is 10.0. The normalized spacial score (nSPS) is 11.3. The van der Waals surface area contributed by atoms with Crippen LogP contribution >= 0.6 is 11.8 Å². The molecule has 0 aliphatic carbocycles. The molecule has 6 heteroatoms. The number of methoxy groups -OCH3 is 1. The minimum Gasteiger partial charge on any atom is -0.385 e. The molecule has 0 amide bonds. The predicted octanol–water partition coefficient (Wildman–Crippen LogP) is 4.53. The van der Waals surface area contributed by atoms with Crippen LogP contribution in [0.15, 0.2) is 58.5 Å². The molecule has 0 aliphatic heterocycles. The summed E-state index contributed by atoms with van der Waals surface area (Å²) in [6.45, 7) is 5.32. The number of thioether (sulfide) groups is 1. The zero-order chi connectivity index (χ0) is 20.8. The number of carbonyl (C=O) groups excluding carboxylic acids is 1. The average Bonchev–Trinajstić information content (AvgIpc) is 2.74. The van der Waals surface area contributed by atoms with E-state index in [-0.39, 0.29) is 17.1 Å². The second kappa shape index (κ2) is 9.85. The maximum atomic E-state index is 12.9. The molecule has 0 spiro atoms. The topological polar surface area (TPSA) is 61.2 Å². The lowest BCUT2D eigenvalue weighted by Gasteiger charge is -2.13. The molecule has 0 radical (unpaired) electrons. The summed E-state index contributed by atoms with van der Waals surface area (Å²) >= 11 is 1.31. The first kappa shape index (κ1) is 21.3. The summed E-state index contributed by atoms with van der Waals surface area (Å²) in [5.74, 6) is 0.684. The highest BCUT2D eigenvalue weighted by molar-refractivity contribution is 7.99. The van der Waals surface area contributed by atoms with Gasteiger partial charge in [0.1, 0.15) is 0 Å². The zero-order valence-corrected chi connectivity index (χ0v) is 17.9. The van der Waals surface area contributed by atoms with Gasteiger partial charge in [0, 0.05) is 25.8 Å². The van der Waals surface area contributed by atoms with Crippen molar-refractivity contribution in [2.75, 3.05) is 19.5 Å². The van der Waals surface area contributed by atoms with E-state index in [1.165, 1.54) is 17.3 Å². The molecule has 1 aromatic heterocycles. The van der Waals surface area contributed by atoms with Crippen molar-refractivity contribution in [2.45, 2.75) is 37.9 Å². The van der Waals surface area contributed by atoms with Gasteiger partial charge < -0.3 is 4.74 Å². The average molecular weight is 411 g/mol. The number of fused-ring (bicyclic) bond motifs is 1. The van der Waals surface area contributed by atoms with Crippen molar-refractivity contribution in [3.63, 3.8) is 0 Å². The van der Waals surface area contributed by atoms with Crippen molar-refractivity contribution in [1.29, 1.82) is 0 Å². The summed E-state index contributed by atoms with van der Waals surface area (Å²) in [6.07, 6.45) is 0.703. The van der Waals surface area contributed by atoms with E-state index in [0.717, 1.165) is 0 Å². The van der Waals surface area contributed by atoms with Crippen LogP contribution in [0.4, 0.5) is 0 Å². The van der Waals surface area contributed by atoms with Crippen molar-refractivity contribution >= 4 is 28.4 Å². The lowest BCUT2D eigenvalue weighted by molar-refractivity contribution is 0.102. The van der Waals surface area contributed by atoms with E-state index in [1.807, 2.05) is 42.5 Å². The highest BCUT2D eigenvalue weighted by atomic mass is 32.2. The molecule has 0 saturated heterocycles. The molecule has 5 nitrogen and oxygen atoms in total. The minimum atomic E-state index is -0.0806. The number of benzene rings is 2. The molecular weight excluding hydrogens is 384 g/mol. The Balaban J connectivity index is 1.83. The molecule has 0 fully saturated rings. The molecule has 0 saturated carbocycles. The highest BCUT2D eigenvalue weighted by Crippen LogP contribution is 2.21. The van der Waals surface area contributed by atoms with Crippen LogP contribution in [0.25, 0.3) is 10.9 Å². The Kier molecular flexibility index (Phi) is 7.23. The number of Topliss-reactive ketones (excluding diaryl/α,β-unsaturated/α-hetero) is 1. The Labute approximate surface area is 175 Å². The van der Waals surface area contributed by atoms with Crippen LogP contribution in [0.2, 0.25) is 0 Å². The van der Waals surface area contributed by atoms with Crippen molar-refractivity contribution in [1.82, 2.24) is 9.55 Å². The number of ketones is 1. The van der Waals surface area contributed by atoms with E-state index in [4.69, 9.17) is 4.74 Å². The van der Waals surface area contributed by atoms with E-state index in [9.17, 15) is 9.59 Å². The number of aromatic nitrogens is 2. The second-order valence-electron chi connectivity index (χ2n) is 7.20. The van der Waals surface area contributed by atoms with Gasteiger partial charge in [0.15, 0.2) is 10.9 Å². The molecule has 152 valence electrons. The molecular formula is C23H26N2O3S. The summed E-state index contributed by atoms with van der Waals surface area (Å²) in [5.41, 5.74) is 2.45. The van der Waals surface area contributed by atoms with Gasteiger partial charge in [0.2, 0.25) is 0 Å². The van der Waals surface area contributed by atoms with Gasteiger partial charge in [-0.2, -0.15) is 0 Å². The van der Waals surface area contributed by atoms with Crippen LogP contribution in [0.3, 0.4) is 0 Å². The van der Waals surface area contributed by atoms with Crippen molar-refractivity contribution < 1.29 is 9.53 Å². The fraction of sp³-hybridized carbons (Fsp3) is 0.348. The number of ether oxygens (including phenoxy) is 1. The summed E-state index contributed by atoms with van der Waals surface area (Å²) < 4.78 is 6.77. The van der Waals surface area contributed by atoms with Crippen LogP contribution in [0, 0.1) is 0 Å². The smallest absolute Gasteiger partial charge is 0.262 e. The fourth-order valence-electron chi connectivity index (χ4n) is 3.09. The molecule has 0 N–H and O–H groups in total. The zero-order valence-electron chi connectivity index (χ0n) is 17.1. The van der Waals surface area contributed by atoms with Crippen molar-refractivity contribution in [2.24, 2.45) is 0 Å². The second-order valence-corrected chi connectivity index (χ2v) is 8.15. The van der Waals surface area contributed by atoms with Gasteiger partial charge in [0.05, 0.1) is 16.7 Å². The molecule has 1 heterocycles. The van der Waals surface area contributed by atoms with E-state index < -0.39 is 0 Å². The van der Waals surface area contributed by atoms with Crippen molar-refractivity contribution in [3.05, 3.63) is 70.0 Å². The first-order valence-corrected chi connectivity index (χ1v) is 10.7. The molecule has 3 rings (SSSR count). The Morgan fingerprint density at radius 2 is 1.86 bits per heavy atom. The van der Waals surface area contributed by atoms with Gasteiger partial charge in [-0.3, -0.25) is 14.2 Å². The standard InChI is InChI=1S/C23H26N2O3S/c1-16(2)17-9-11-18(12-10-17)21(26)15-29-23-24-20-8-5-4-7-19(20)22(27)25(23)13-6-14-28-3/h4-5,7-12,16H,6,13-15H2,1-3H3. The number of nitrogens with zero attached hydrogens (tertiary/aromatic N) is 2. The largest absolute Gasteiger partial charge is 0.385 e. The molecule has 0 atom stereocenters. The van der Waals surface area contributed by atoms with Gasteiger partial charge in [-0.05, 0) is 30.0 Å². The molecule has 0 unspecified atom stereocenters. The number of para-hydroxylation sites is 1. The Bertz CT molecular complexity index is 1040. The molecule has 29 heavy (non-hydrogen) atoms. The third-order valence-electron chi connectivity index (χ3n) is 4.79. The van der Waals surface area contributed by atoms with Gasteiger partial charge in [-0.25, -0.2) is 4.98 Å². The first-order chi connectivity index (χ1) is 14.0. The van der Waals surface area contributed by atoms with E-state index in [1.54, 1.807) is 17.7 Å². The van der Waals surface area contributed by atoms with Gasteiger partial charge in [-0.1, -0.05) is 62.0 Å². The number of hydrogen-bond donors (Lipinski definition) is 0. The third-order valence-corrected chi connectivity index (χ3v) is 5.76. The molecule has 0 aliphatic rings. The summed E-state index contributed by atoms with van der Waals surface area (Å²) in [7, 11) is 1.64. The monoisotopic (exact) mass is 410 g/mol. The molecule has 2 aromatic carbocycles. The van der Waals surface area contributed by atoms with Gasteiger partial charge in [0.25, 0.3) is 5.56 Å². The van der Waals surface area contributed by atoms with E-state index >= 15 is 0 Å². The Morgan fingerprint density at radius 3 is 2.55 bits per heavy atom. The Morgan fingerprint density at radius 1 is 1.14 bits per heavy atom. The molecule has 3 aromatic rings. The van der Waals surface area contributed by atoms with Crippen LogP contribution in [-0.2, 0) is 11.3 Å². The lowest BCUT2D eigenvalue weighted by Crippen LogP contribution is -2.24. The summed E-state index contributed by atoms with van der Waals surface area (Å²) in [4.78, 5) is 30.3. The number of carbonyl (C=O) groups is 1. The maximum absolute atomic E-state index is 12.9. The van der Waals surface area contributed by atoms with Crippen LogP contribution in [0.5, 0.6) is 0 Å². The fourth-order valence-corrected chi connectivity index (χ4v) is 4.01. The maximum Gasteiger partial charge on any atom is 0.262 e. The summed E-state index contributed by atoms with van der Waals surface area (Å²) in [5, 5.41) is 1.15. The number of hydrogen-bond acceptors (Lipinski definition) is 5. The SMILES string of the molecule is COCCCn1c(SCC(=O)c2ccc(C(C)C)cc2)nc2ccccc2c1=O. The highest BCUT2D eigenvalue weighted by Gasteiger charge is 2.14. The Hall–Kier alpha value is -2.44.